The molecule has 1 aliphatic heterocycles. The minimum absolute atomic E-state index is 0.000975. The summed E-state index contributed by atoms with van der Waals surface area (Å²) in [5, 5.41) is 23.0. The molecule has 3 fully saturated rings. The number of aliphatic hydroxyl groups is 2. The van der Waals surface area contributed by atoms with Crippen molar-refractivity contribution in [2.24, 2.45) is 33.6 Å². The molecule has 29 heavy (non-hydrogen) atoms. The maximum atomic E-state index is 13.0. The van der Waals surface area contributed by atoms with Crippen LogP contribution >= 0.6 is 0 Å². The predicted octanol–water partition coefficient (Wildman–Crippen LogP) is 1.99. The molecule has 5 aliphatic rings. The first-order valence-corrected chi connectivity index (χ1v) is 10.6. The lowest BCUT2D eigenvalue weighted by atomic mass is 9.45. The van der Waals surface area contributed by atoms with Gasteiger partial charge in [-0.2, -0.15) is 0 Å². The first-order valence-electron chi connectivity index (χ1n) is 10.6. The number of Topliss-reactive ketones (excluding diaryl/α,β-unsaturated/α-hetero) is 1. The van der Waals surface area contributed by atoms with Gasteiger partial charge in [-0.05, 0) is 50.2 Å². The van der Waals surface area contributed by atoms with E-state index in [2.05, 4.69) is 11.9 Å². The van der Waals surface area contributed by atoms with Crippen molar-refractivity contribution in [3.05, 3.63) is 23.8 Å². The van der Waals surface area contributed by atoms with E-state index in [9.17, 15) is 19.8 Å². The Morgan fingerprint density at radius 1 is 1.31 bits per heavy atom. The minimum Gasteiger partial charge on any atom is -0.475 e. The van der Waals surface area contributed by atoms with E-state index in [1.165, 1.54) is 6.92 Å². The number of aliphatic hydroxyl groups excluding tert-OH is 2. The van der Waals surface area contributed by atoms with Crippen molar-refractivity contribution in [3.8, 4) is 0 Å². The zero-order chi connectivity index (χ0) is 20.9. The number of hydrogen-bond acceptors (Lipinski definition) is 6. The van der Waals surface area contributed by atoms with Gasteiger partial charge in [0.05, 0.1) is 12.2 Å². The quantitative estimate of drug-likeness (QED) is 0.703. The second-order valence-electron chi connectivity index (χ2n) is 10.0. The molecule has 0 bridgehead atoms. The van der Waals surface area contributed by atoms with E-state index in [1.807, 2.05) is 13.0 Å². The summed E-state index contributed by atoms with van der Waals surface area (Å²) >= 11 is 0. The Kier molecular flexibility index (Phi) is 3.75. The Labute approximate surface area is 170 Å². The first kappa shape index (κ1) is 19.2. The normalized spacial score (nSPS) is 52.6. The Morgan fingerprint density at radius 2 is 2.03 bits per heavy atom. The predicted molar refractivity (Wildman–Crippen MR) is 106 cm³/mol. The van der Waals surface area contributed by atoms with Gasteiger partial charge in [0.2, 0.25) is 0 Å². The van der Waals surface area contributed by atoms with E-state index in [0.29, 0.717) is 12.3 Å². The summed E-state index contributed by atoms with van der Waals surface area (Å²) in [4.78, 5) is 29.6. The second kappa shape index (κ2) is 5.67. The third kappa shape index (κ3) is 2.02. The van der Waals surface area contributed by atoms with E-state index in [1.54, 1.807) is 19.1 Å². The highest BCUT2D eigenvalue weighted by atomic mass is 16.5. The molecule has 0 amide bonds. The first-order chi connectivity index (χ1) is 13.6. The van der Waals surface area contributed by atoms with Gasteiger partial charge in [0.25, 0.3) is 0 Å². The topological polar surface area (TPSA) is 96.2 Å². The molecular formula is C23H29NO5. The van der Waals surface area contributed by atoms with Gasteiger partial charge in [-0.15, -0.1) is 0 Å². The Bertz CT molecular complexity index is 905. The fourth-order valence-corrected chi connectivity index (χ4v) is 7.79. The van der Waals surface area contributed by atoms with Crippen LogP contribution in [-0.2, 0) is 14.3 Å². The molecule has 1 heterocycles. The van der Waals surface area contributed by atoms with Gasteiger partial charge in [-0.3, -0.25) is 9.59 Å². The van der Waals surface area contributed by atoms with Crippen molar-refractivity contribution >= 4 is 17.5 Å². The van der Waals surface area contributed by atoms with E-state index in [4.69, 9.17) is 4.74 Å². The standard InChI is InChI=1S/C23H29NO5/c1-11(25)23-17(29-12(2)24-23)10-16-15-6-5-13-9-14(26)7-8-21(13,3)18(15)19(27)20(28)22(16,23)4/h7-9,15-20,27-28H,5-6,10H2,1-4H3/t15-,16-,17+,18+,19+,20?,21-,22+,23+/m0/s1. The van der Waals surface area contributed by atoms with Gasteiger partial charge in [-0.1, -0.05) is 25.5 Å². The third-order valence-corrected chi connectivity index (χ3v) is 9.03. The van der Waals surface area contributed by atoms with Crippen molar-refractivity contribution in [2.45, 2.75) is 70.8 Å². The summed E-state index contributed by atoms with van der Waals surface area (Å²) in [6.07, 6.45) is 4.90. The second-order valence-corrected chi connectivity index (χ2v) is 10.0. The highest BCUT2D eigenvalue weighted by molar-refractivity contribution is 6.01. The summed E-state index contributed by atoms with van der Waals surface area (Å²) in [6, 6.07) is 0. The SMILES string of the molecule is CC(=O)[C@@]12N=C(C)O[C@@H]1C[C@H]1[C@@H]3CCC4=CC(=O)C=C[C@]4(C)[C@H]3[C@@H](O)C(O)[C@@]12C. The number of hydrogen-bond donors (Lipinski definition) is 2. The van der Waals surface area contributed by atoms with Crippen molar-refractivity contribution in [1.29, 1.82) is 0 Å². The number of carbonyl (C=O) groups excluding carboxylic acids is 2. The Balaban J connectivity index is 1.65. The Morgan fingerprint density at radius 3 is 2.72 bits per heavy atom. The van der Waals surface area contributed by atoms with Gasteiger partial charge in [0.1, 0.15) is 6.10 Å². The maximum absolute atomic E-state index is 13.0. The van der Waals surface area contributed by atoms with Crippen LogP contribution in [0, 0.1) is 28.6 Å². The lowest BCUT2D eigenvalue weighted by Crippen LogP contribution is -2.68. The van der Waals surface area contributed by atoms with E-state index < -0.39 is 34.7 Å². The molecule has 9 atom stereocenters. The van der Waals surface area contributed by atoms with Gasteiger partial charge in [0.15, 0.2) is 23.0 Å². The number of nitrogens with zero attached hydrogens (tertiary/aromatic N) is 1. The van der Waals surface area contributed by atoms with Crippen LogP contribution in [-0.4, -0.2) is 51.5 Å². The van der Waals surface area contributed by atoms with Crippen molar-refractivity contribution < 1.29 is 24.5 Å². The van der Waals surface area contributed by atoms with Crippen molar-refractivity contribution in [3.63, 3.8) is 0 Å². The molecule has 0 radical (unpaired) electrons. The molecule has 156 valence electrons. The van der Waals surface area contributed by atoms with Crippen LogP contribution in [0.3, 0.4) is 0 Å². The molecule has 0 aromatic carbocycles. The number of rotatable bonds is 1. The average Bonchev–Trinajstić information content (AvgIpc) is 3.12. The molecule has 0 aromatic rings. The van der Waals surface area contributed by atoms with Crippen LogP contribution in [0.4, 0.5) is 0 Å². The molecular weight excluding hydrogens is 370 g/mol. The van der Waals surface area contributed by atoms with Gasteiger partial charge >= 0.3 is 0 Å². The number of ether oxygens (including phenoxy) is 1. The summed E-state index contributed by atoms with van der Waals surface area (Å²) in [5.41, 5.74) is -1.48. The number of carbonyl (C=O) groups is 2. The maximum Gasteiger partial charge on any atom is 0.181 e. The van der Waals surface area contributed by atoms with Crippen LogP contribution in [0.1, 0.15) is 47.0 Å². The molecule has 0 saturated heterocycles. The average molecular weight is 399 g/mol. The molecule has 6 nitrogen and oxygen atoms in total. The lowest BCUT2D eigenvalue weighted by Gasteiger charge is -2.61. The van der Waals surface area contributed by atoms with E-state index >= 15 is 0 Å². The van der Waals surface area contributed by atoms with Crippen LogP contribution in [0.25, 0.3) is 0 Å². The van der Waals surface area contributed by atoms with Gasteiger partial charge in [0, 0.05) is 23.7 Å². The molecule has 0 aromatic heterocycles. The molecule has 1 unspecified atom stereocenters. The van der Waals surface area contributed by atoms with Crippen LogP contribution in [0.2, 0.25) is 0 Å². The Hall–Kier alpha value is -1.79. The zero-order valence-electron chi connectivity index (χ0n) is 17.4. The monoisotopic (exact) mass is 399 g/mol. The largest absolute Gasteiger partial charge is 0.475 e. The van der Waals surface area contributed by atoms with Crippen LogP contribution < -0.4 is 0 Å². The molecule has 5 rings (SSSR count). The molecule has 3 saturated carbocycles. The van der Waals surface area contributed by atoms with E-state index in [0.717, 1.165) is 18.4 Å². The van der Waals surface area contributed by atoms with E-state index in [-0.39, 0.29) is 29.3 Å². The molecule has 2 N–H and O–H groups in total. The van der Waals surface area contributed by atoms with Gasteiger partial charge in [-0.25, -0.2) is 4.99 Å². The third-order valence-electron chi connectivity index (χ3n) is 9.03. The van der Waals surface area contributed by atoms with Gasteiger partial charge < -0.3 is 14.9 Å². The van der Waals surface area contributed by atoms with Crippen molar-refractivity contribution in [1.82, 2.24) is 0 Å². The van der Waals surface area contributed by atoms with Crippen LogP contribution in [0.5, 0.6) is 0 Å². The molecule has 0 spiro atoms. The summed E-state index contributed by atoms with van der Waals surface area (Å²) < 4.78 is 5.98. The number of ketones is 2. The number of aliphatic imine (C=N–C) groups is 1. The van der Waals surface area contributed by atoms with Crippen LogP contribution in [0.15, 0.2) is 28.8 Å². The zero-order valence-corrected chi connectivity index (χ0v) is 17.4. The summed E-state index contributed by atoms with van der Waals surface area (Å²) in [5.74, 6) is 0.243. The fraction of sp³-hybridized carbons (Fsp3) is 0.696. The highest BCUT2D eigenvalue weighted by Gasteiger charge is 2.77. The minimum atomic E-state index is -1.15. The highest BCUT2D eigenvalue weighted by Crippen LogP contribution is 2.69. The molecule has 4 aliphatic carbocycles. The lowest BCUT2D eigenvalue weighted by molar-refractivity contribution is -0.199. The fourth-order valence-electron chi connectivity index (χ4n) is 7.79. The summed E-state index contributed by atoms with van der Waals surface area (Å²) in [7, 11) is 0. The molecule has 6 heteroatoms. The summed E-state index contributed by atoms with van der Waals surface area (Å²) in [6.45, 7) is 7.25. The number of fused-ring (bicyclic) bond motifs is 7. The number of allylic oxidation sites excluding steroid dienone is 4. The van der Waals surface area contributed by atoms with Crippen molar-refractivity contribution in [2.75, 3.05) is 0 Å². The smallest absolute Gasteiger partial charge is 0.181 e.